The van der Waals surface area contributed by atoms with E-state index in [2.05, 4.69) is 10.1 Å². The van der Waals surface area contributed by atoms with Crippen LogP contribution in [0.2, 0.25) is 0 Å². The van der Waals surface area contributed by atoms with Gasteiger partial charge in [-0.3, -0.25) is 4.79 Å². The lowest BCUT2D eigenvalue weighted by molar-refractivity contribution is -0.125. The number of amides is 1. The van der Waals surface area contributed by atoms with Crippen LogP contribution >= 0.6 is 12.4 Å². The Morgan fingerprint density at radius 2 is 2.00 bits per heavy atom. The van der Waals surface area contributed by atoms with Gasteiger partial charge in [-0.1, -0.05) is 32.0 Å². The van der Waals surface area contributed by atoms with Crippen LogP contribution in [0.1, 0.15) is 31.9 Å². The topological polar surface area (TPSA) is 64.4 Å². The van der Waals surface area contributed by atoms with Crippen molar-refractivity contribution < 1.29 is 18.3 Å². The number of alkyl halides is 2. The minimum Gasteiger partial charge on any atom is -0.434 e. The van der Waals surface area contributed by atoms with Gasteiger partial charge in [0.2, 0.25) is 5.91 Å². The molecule has 1 amide bonds. The van der Waals surface area contributed by atoms with Crippen molar-refractivity contribution in [1.29, 1.82) is 0 Å². The lowest BCUT2D eigenvalue weighted by Crippen LogP contribution is -2.35. The maximum atomic E-state index is 12.4. The van der Waals surface area contributed by atoms with Crippen LogP contribution in [0.3, 0.4) is 0 Å². The van der Waals surface area contributed by atoms with E-state index in [1.54, 1.807) is 25.1 Å². The summed E-state index contributed by atoms with van der Waals surface area (Å²) in [5.74, 6) is -0.450. The second-order valence-corrected chi connectivity index (χ2v) is 4.52. The first kappa shape index (κ1) is 19.6. The lowest BCUT2D eigenvalue weighted by atomic mass is 10.0. The smallest absolute Gasteiger partial charge is 0.387 e. The van der Waals surface area contributed by atoms with Gasteiger partial charge in [-0.25, -0.2) is 0 Å². The molecule has 1 aromatic rings. The molecule has 0 aromatic heterocycles. The van der Waals surface area contributed by atoms with E-state index in [-0.39, 0.29) is 42.6 Å². The molecule has 0 fully saturated rings. The zero-order valence-corrected chi connectivity index (χ0v) is 12.8. The van der Waals surface area contributed by atoms with E-state index in [1.165, 1.54) is 6.07 Å². The summed E-state index contributed by atoms with van der Waals surface area (Å²) in [5.41, 5.74) is 5.97. The summed E-state index contributed by atoms with van der Waals surface area (Å²) < 4.78 is 29.3. The van der Waals surface area contributed by atoms with Crippen LogP contribution < -0.4 is 15.8 Å². The first-order valence-corrected chi connectivity index (χ1v) is 6.53. The van der Waals surface area contributed by atoms with Crippen molar-refractivity contribution >= 4 is 18.3 Å². The summed E-state index contributed by atoms with van der Waals surface area (Å²) in [7, 11) is 0. The molecule has 3 N–H and O–H groups in total. The number of para-hydroxylation sites is 1. The third-order valence-electron chi connectivity index (χ3n) is 3.04. The zero-order valence-electron chi connectivity index (χ0n) is 12.0. The molecule has 0 aliphatic heterocycles. The number of nitrogens with one attached hydrogen (secondary N) is 1. The van der Waals surface area contributed by atoms with E-state index in [9.17, 15) is 13.6 Å². The standard InChI is InChI=1S/C14H20F2N2O2.ClH/c1-3-11(18-13(19)9(2)8-17)10-6-4-5-7-12(10)20-14(15)16;/h4-7,9,11,14H,3,8,17H2,1-2H3,(H,18,19);1H. The Morgan fingerprint density at radius 3 is 2.52 bits per heavy atom. The number of carbonyl (C=O) groups is 1. The molecule has 0 spiro atoms. The van der Waals surface area contributed by atoms with Gasteiger partial charge in [0.05, 0.1) is 6.04 Å². The number of hydrogen-bond donors (Lipinski definition) is 2. The van der Waals surface area contributed by atoms with Crippen molar-refractivity contribution in [3.63, 3.8) is 0 Å². The van der Waals surface area contributed by atoms with E-state index < -0.39 is 6.61 Å². The van der Waals surface area contributed by atoms with Crippen molar-refractivity contribution in [2.75, 3.05) is 6.54 Å². The highest BCUT2D eigenvalue weighted by Gasteiger charge is 2.20. The second kappa shape index (κ2) is 9.52. The molecule has 4 nitrogen and oxygen atoms in total. The molecule has 2 atom stereocenters. The third-order valence-corrected chi connectivity index (χ3v) is 3.04. The number of nitrogens with two attached hydrogens (primary N) is 1. The van der Waals surface area contributed by atoms with Crippen molar-refractivity contribution in [3.8, 4) is 5.75 Å². The summed E-state index contributed by atoms with van der Waals surface area (Å²) in [6.07, 6.45) is 0.562. The molecule has 21 heavy (non-hydrogen) atoms. The Hall–Kier alpha value is -1.40. The maximum Gasteiger partial charge on any atom is 0.387 e. The van der Waals surface area contributed by atoms with Crippen molar-refractivity contribution in [2.45, 2.75) is 32.9 Å². The number of rotatable bonds is 7. The predicted octanol–water partition coefficient (Wildman–Crippen LogP) is 2.87. The highest BCUT2D eigenvalue weighted by molar-refractivity contribution is 5.85. The van der Waals surface area contributed by atoms with E-state index >= 15 is 0 Å². The quantitative estimate of drug-likeness (QED) is 0.811. The molecule has 1 aromatic carbocycles. The van der Waals surface area contributed by atoms with Crippen LogP contribution in [0.4, 0.5) is 8.78 Å². The van der Waals surface area contributed by atoms with Gasteiger partial charge in [-0.15, -0.1) is 12.4 Å². The Balaban J connectivity index is 0.00000400. The summed E-state index contributed by atoms with van der Waals surface area (Å²) in [6, 6.07) is 6.07. The molecule has 0 heterocycles. The third kappa shape index (κ3) is 5.85. The van der Waals surface area contributed by atoms with Crippen LogP contribution in [0.15, 0.2) is 24.3 Å². The summed E-state index contributed by atoms with van der Waals surface area (Å²) in [4.78, 5) is 11.9. The molecule has 120 valence electrons. The molecule has 1 rings (SSSR count). The number of ether oxygens (including phenoxy) is 1. The minimum absolute atomic E-state index is 0. The van der Waals surface area contributed by atoms with Crippen LogP contribution in [-0.4, -0.2) is 19.1 Å². The van der Waals surface area contributed by atoms with E-state index in [4.69, 9.17) is 5.73 Å². The summed E-state index contributed by atoms with van der Waals surface area (Å²) in [5, 5.41) is 2.80. The highest BCUT2D eigenvalue weighted by Crippen LogP contribution is 2.28. The molecule has 0 saturated carbocycles. The zero-order chi connectivity index (χ0) is 15.1. The van der Waals surface area contributed by atoms with Gasteiger partial charge in [0, 0.05) is 18.0 Å². The van der Waals surface area contributed by atoms with Crippen LogP contribution in [0.25, 0.3) is 0 Å². The van der Waals surface area contributed by atoms with Gasteiger partial charge in [0.1, 0.15) is 5.75 Å². The Labute approximate surface area is 129 Å². The molecule has 0 aliphatic carbocycles. The van der Waals surface area contributed by atoms with Gasteiger partial charge in [-0.05, 0) is 12.5 Å². The second-order valence-electron chi connectivity index (χ2n) is 4.52. The Morgan fingerprint density at radius 1 is 1.38 bits per heavy atom. The number of halogens is 3. The number of carbonyl (C=O) groups excluding carboxylic acids is 1. The first-order chi connectivity index (χ1) is 9.49. The van der Waals surface area contributed by atoms with E-state index in [1.807, 2.05) is 6.92 Å². The molecule has 0 radical (unpaired) electrons. The molecule has 7 heteroatoms. The van der Waals surface area contributed by atoms with Gasteiger partial charge in [0.25, 0.3) is 0 Å². The number of benzene rings is 1. The van der Waals surface area contributed by atoms with Gasteiger partial charge in [0.15, 0.2) is 0 Å². The Kier molecular flexibility index (Phi) is 8.89. The van der Waals surface area contributed by atoms with E-state index in [0.717, 1.165) is 0 Å². The van der Waals surface area contributed by atoms with Crippen molar-refractivity contribution in [1.82, 2.24) is 5.32 Å². The molecule has 0 saturated heterocycles. The molecule has 2 unspecified atom stereocenters. The van der Waals surface area contributed by atoms with Crippen LogP contribution in [0, 0.1) is 5.92 Å². The normalized spacial score (nSPS) is 13.2. The summed E-state index contributed by atoms with van der Waals surface area (Å²) >= 11 is 0. The molecular formula is C14H21ClF2N2O2. The summed E-state index contributed by atoms with van der Waals surface area (Å²) in [6.45, 7) is 0.908. The lowest BCUT2D eigenvalue weighted by Gasteiger charge is -2.22. The van der Waals surface area contributed by atoms with Gasteiger partial charge < -0.3 is 15.8 Å². The predicted molar refractivity (Wildman–Crippen MR) is 79.7 cm³/mol. The molecule has 0 aliphatic rings. The van der Waals surface area contributed by atoms with Crippen LogP contribution in [-0.2, 0) is 4.79 Å². The number of hydrogen-bond acceptors (Lipinski definition) is 3. The highest BCUT2D eigenvalue weighted by atomic mass is 35.5. The Bertz CT molecular complexity index is 447. The fourth-order valence-electron chi connectivity index (χ4n) is 1.79. The first-order valence-electron chi connectivity index (χ1n) is 6.53. The SMILES string of the molecule is CCC(NC(=O)C(C)CN)c1ccccc1OC(F)F.Cl. The largest absolute Gasteiger partial charge is 0.434 e. The van der Waals surface area contributed by atoms with Crippen molar-refractivity contribution in [3.05, 3.63) is 29.8 Å². The average molecular weight is 323 g/mol. The molecular weight excluding hydrogens is 302 g/mol. The van der Waals surface area contributed by atoms with Gasteiger partial charge >= 0.3 is 6.61 Å². The monoisotopic (exact) mass is 322 g/mol. The van der Waals surface area contributed by atoms with Gasteiger partial charge in [-0.2, -0.15) is 8.78 Å². The molecule has 0 bridgehead atoms. The fraction of sp³-hybridized carbons (Fsp3) is 0.500. The minimum atomic E-state index is -2.90. The van der Waals surface area contributed by atoms with E-state index in [0.29, 0.717) is 12.0 Å². The fourth-order valence-corrected chi connectivity index (χ4v) is 1.79. The van der Waals surface area contributed by atoms with Crippen molar-refractivity contribution in [2.24, 2.45) is 11.7 Å². The average Bonchev–Trinajstić information content (AvgIpc) is 2.43. The van der Waals surface area contributed by atoms with Crippen LogP contribution in [0.5, 0.6) is 5.75 Å². The maximum absolute atomic E-state index is 12.4.